The molecule has 6 heteroatoms. The number of ether oxygens (including phenoxy) is 1. The van der Waals surface area contributed by atoms with Crippen LogP contribution in [0.4, 0.5) is 13.2 Å². The first-order chi connectivity index (χ1) is 9.34. The third-order valence-electron chi connectivity index (χ3n) is 2.74. The summed E-state index contributed by atoms with van der Waals surface area (Å²) in [5, 5.41) is 0. The van der Waals surface area contributed by atoms with Crippen molar-refractivity contribution < 1.29 is 27.5 Å². The molecule has 0 aliphatic rings. The fourth-order valence-electron chi connectivity index (χ4n) is 1.79. The lowest BCUT2D eigenvalue weighted by atomic mass is 9.90. The second kappa shape index (κ2) is 7.07. The highest BCUT2D eigenvalue weighted by atomic mass is 19.4. The van der Waals surface area contributed by atoms with Crippen molar-refractivity contribution in [2.24, 2.45) is 0 Å². The van der Waals surface area contributed by atoms with E-state index in [9.17, 15) is 22.8 Å². The standard InChI is InChI=1S/C14H15F3O3/c1-2-20-13(19)9-11(8-12(18)14(15,16)17)10-6-4-3-5-7-10/h3-7,11H,2,8-9H2,1H3/t11-/m1/s1. The first kappa shape index (κ1) is 16.2. The molecule has 0 bridgehead atoms. The summed E-state index contributed by atoms with van der Waals surface area (Å²) in [6.07, 6.45) is -5.90. The van der Waals surface area contributed by atoms with Crippen LogP contribution in [-0.2, 0) is 14.3 Å². The topological polar surface area (TPSA) is 43.4 Å². The number of hydrogen-bond donors (Lipinski definition) is 0. The smallest absolute Gasteiger partial charge is 0.449 e. The van der Waals surface area contributed by atoms with E-state index in [1.54, 1.807) is 37.3 Å². The average Bonchev–Trinajstić information content (AvgIpc) is 2.38. The van der Waals surface area contributed by atoms with Gasteiger partial charge in [-0.15, -0.1) is 0 Å². The molecule has 0 aliphatic carbocycles. The predicted octanol–water partition coefficient (Wildman–Crippen LogP) is 3.24. The normalized spacial score (nSPS) is 12.8. The Bertz CT molecular complexity index is 454. The van der Waals surface area contributed by atoms with Gasteiger partial charge >= 0.3 is 12.1 Å². The largest absolute Gasteiger partial charge is 0.466 e. The number of carbonyl (C=O) groups excluding carboxylic acids is 2. The van der Waals surface area contributed by atoms with Crippen molar-refractivity contribution in [2.75, 3.05) is 6.61 Å². The van der Waals surface area contributed by atoms with E-state index >= 15 is 0 Å². The SMILES string of the molecule is CCOC(=O)C[C@@H](CC(=O)C(F)(F)F)c1ccccc1. The molecule has 0 aliphatic heterocycles. The van der Waals surface area contributed by atoms with Gasteiger partial charge in [0, 0.05) is 12.3 Å². The van der Waals surface area contributed by atoms with Gasteiger partial charge in [-0.1, -0.05) is 30.3 Å². The number of esters is 1. The molecule has 0 fully saturated rings. The maximum absolute atomic E-state index is 12.3. The monoisotopic (exact) mass is 288 g/mol. The van der Waals surface area contributed by atoms with Crippen LogP contribution >= 0.6 is 0 Å². The van der Waals surface area contributed by atoms with Crippen molar-refractivity contribution >= 4 is 11.8 Å². The van der Waals surface area contributed by atoms with Gasteiger partial charge in [-0.25, -0.2) is 0 Å². The van der Waals surface area contributed by atoms with Gasteiger partial charge in [0.05, 0.1) is 13.0 Å². The van der Waals surface area contributed by atoms with Crippen LogP contribution in [0, 0.1) is 0 Å². The van der Waals surface area contributed by atoms with Gasteiger partial charge < -0.3 is 4.74 Å². The molecule has 0 unspecified atom stereocenters. The highest BCUT2D eigenvalue weighted by molar-refractivity contribution is 5.85. The number of alkyl halides is 3. The summed E-state index contributed by atoms with van der Waals surface area (Å²) in [6.45, 7) is 1.75. The molecule has 1 atom stereocenters. The predicted molar refractivity (Wildman–Crippen MR) is 66.1 cm³/mol. The molecule has 0 amide bonds. The second-order valence-corrected chi connectivity index (χ2v) is 4.24. The lowest BCUT2D eigenvalue weighted by Crippen LogP contribution is -2.25. The number of benzene rings is 1. The van der Waals surface area contributed by atoms with Crippen LogP contribution in [-0.4, -0.2) is 24.5 Å². The van der Waals surface area contributed by atoms with Crippen molar-refractivity contribution in [3.8, 4) is 0 Å². The lowest BCUT2D eigenvalue weighted by Gasteiger charge is -2.16. The molecule has 1 rings (SSSR count). The van der Waals surface area contributed by atoms with Crippen LogP contribution in [0.2, 0.25) is 0 Å². The summed E-state index contributed by atoms with van der Waals surface area (Å²) in [7, 11) is 0. The Morgan fingerprint density at radius 1 is 1.15 bits per heavy atom. The first-order valence-corrected chi connectivity index (χ1v) is 6.15. The van der Waals surface area contributed by atoms with E-state index in [4.69, 9.17) is 4.74 Å². The molecule has 20 heavy (non-hydrogen) atoms. The number of ketones is 1. The van der Waals surface area contributed by atoms with Gasteiger partial charge in [0.1, 0.15) is 0 Å². The number of halogens is 3. The maximum atomic E-state index is 12.3. The number of Topliss-reactive ketones (excluding diaryl/α,β-unsaturated/α-hetero) is 1. The van der Waals surface area contributed by atoms with Gasteiger partial charge in [0.25, 0.3) is 0 Å². The number of rotatable bonds is 6. The Morgan fingerprint density at radius 3 is 2.25 bits per heavy atom. The molecular formula is C14H15F3O3. The first-order valence-electron chi connectivity index (χ1n) is 6.15. The zero-order valence-electron chi connectivity index (χ0n) is 10.9. The van der Waals surface area contributed by atoms with Crippen LogP contribution in [0.3, 0.4) is 0 Å². The van der Waals surface area contributed by atoms with E-state index < -0.39 is 30.3 Å². The Labute approximate surface area is 114 Å². The minimum absolute atomic E-state index is 0.146. The lowest BCUT2D eigenvalue weighted by molar-refractivity contribution is -0.171. The average molecular weight is 288 g/mol. The minimum Gasteiger partial charge on any atom is -0.466 e. The summed E-state index contributed by atoms with van der Waals surface area (Å²) in [4.78, 5) is 22.6. The van der Waals surface area contributed by atoms with Crippen molar-refractivity contribution in [3.05, 3.63) is 35.9 Å². The Morgan fingerprint density at radius 2 is 1.75 bits per heavy atom. The fraction of sp³-hybridized carbons (Fsp3) is 0.429. The van der Waals surface area contributed by atoms with E-state index in [-0.39, 0.29) is 13.0 Å². The minimum atomic E-state index is -4.89. The quantitative estimate of drug-likeness (QED) is 0.755. The van der Waals surface area contributed by atoms with Crippen LogP contribution < -0.4 is 0 Å². The Hall–Kier alpha value is -1.85. The molecule has 1 aromatic rings. The molecule has 110 valence electrons. The maximum Gasteiger partial charge on any atom is 0.449 e. The van der Waals surface area contributed by atoms with Crippen LogP contribution in [0.5, 0.6) is 0 Å². The van der Waals surface area contributed by atoms with E-state index in [1.807, 2.05) is 0 Å². The third-order valence-corrected chi connectivity index (χ3v) is 2.74. The van der Waals surface area contributed by atoms with Crippen LogP contribution in [0.25, 0.3) is 0 Å². The summed E-state index contributed by atoms with van der Waals surface area (Å²) in [5.41, 5.74) is 0.512. The van der Waals surface area contributed by atoms with Crippen molar-refractivity contribution in [1.29, 1.82) is 0 Å². The highest BCUT2D eigenvalue weighted by Crippen LogP contribution is 2.29. The van der Waals surface area contributed by atoms with E-state index in [2.05, 4.69) is 0 Å². The summed E-state index contributed by atoms with van der Waals surface area (Å²) < 4.78 is 41.8. The van der Waals surface area contributed by atoms with Crippen molar-refractivity contribution in [3.63, 3.8) is 0 Å². The van der Waals surface area contributed by atoms with Gasteiger partial charge in [0.15, 0.2) is 0 Å². The van der Waals surface area contributed by atoms with Crippen molar-refractivity contribution in [1.82, 2.24) is 0 Å². The zero-order valence-corrected chi connectivity index (χ0v) is 10.9. The van der Waals surface area contributed by atoms with Crippen molar-refractivity contribution in [2.45, 2.75) is 31.9 Å². The molecule has 0 N–H and O–H groups in total. The molecule has 0 aromatic heterocycles. The van der Waals surface area contributed by atoms with Gasteiger partial charge in [0.2, 0.25) is 5.78 Å². The fourth-order valence-corrected chi connectivity index (χ4v) is 1.79. The second-order valence-electron chi connectivity index (χ2n) is 4.24. The highest BCUT2D eigenvalue weighted by Gasteiger charge is 2.39. The van der Waals surface area contributed by atoms with Crippen LogP contribution in [0.1, 0.15) is 31.2 Å². The van der Waals surface area contributed by atoms with Crippen LogP contribution in [0.15, 0.2) is 30.3 Å². The Kier molecular flexibility index (Phi) is 5.73. The third kappa shape index (κ3) is 5.03. The van der Waals surface area contributed by atoms with Gasteiger partial charge in [-0.2, -0.15) is 13.2 Å². The molecule has 3 nitrogen and oxygen atoms in total. The summed E-state index contributed by atoms with van der Waals surface area (Å²) in [5.74, 6) is -3.28. The van der Waals surface area contributed by atoms with E-state index in [1.165, 1.54) is 0 Å². The van der Waals surface area contributed by atoms with E-state index in [0.717, 1.165) is 0 Å². The molecule has 0 saturated carbocycles. The summed E-state index contributed by atoms with van der Waals surface area (Å²) >= 11 is 0. The molecular weight excluding hydrogens is 273 g/mol. The molecule has 1 aromatic carbocycles. The number of carbonyl (C=O) groups is 2. The van der Waals surface area contributed by atoms with Gasteiger partial charge in [-0.3, -0.25) is 9.59 Å². The molecule has 0 spiro atoms. The molecule has 0 saturated heterocycles. The molecule has 0 radical (unpaired) electrons. The Balaban J connectivity index is 2.85. The van der Waals surface area contributed by atoms with E-state index in [0.29, 0.717) is 5.56 Å². The molecule has 0 heterocycles. The summed E-state index contributed by atoms with van der Waals surface area (Å²) in [6, 6.07) is 8.18. The van der Waals surface area contributed by atoms with Gasteiger partial charge in [-0.05, 0) is 12.5 Å². The number of hydrogen-bond acceptors (Lipinski definition) is 3. The zero-order chi connectivity index (χ0) is 15.2.